The number of ether oxygens (including phenoxy) is 1. The molecule has 2 rings (SSSR count). The van der Waals surface area contributed by atoms with Crippen molar-refractivity contribution in [3.63, 3.8) is 0 Å². The predicted molar refractivity (Wildman–Crippen MR) is 67.6 cm³/mol. The van der Waals surface area contributed by atoms with Crippen molar-refractivity contribution in [1.82, 2.24) is 14.9 Å². The van der Waals surface area contributed by atoms with Gasteiger partial charge in [-0.25, -0.2) is 4.79 Å². The number of hydrogen-bond donors (Lipinski definition) is 2. The van der Waals surface area contributed by atoms with E-state index in [1.54, 1.807) is 0 Å². The Morgan fingerprint density at radius 3 is 2.79 bits per heavy atom. The zero-order chi connectivity index (χ0) is 14.0. The molecule has 2 N–H and O–H groups in total. The number of methoxy groups -OCH3 is 1. The highest BCUT2D eigenvalue weighted by Gasteiger charge is 2.24. The first-order valence-corrected chi connectivity index (χ1v) is 6.15. The number of rotatable bonds is 4. The van der Waals surface area contributed by atoms with E-state index in [4.69, 9.17) is 0 Å². The molecule has 19 heavy (non-hydrogen) atoms. The zero-order valence-electron chi connectivity index (χ0n) is 11.0. The van der Waals surface area contributed by atoms with Crippen molar-refractivity contribution < 1.29 is 9.53 Å². The van der Waals surface area contributed by atoms with E-state index < -0.39 is 5.69 Å². The fraction of sp³-hybridized carbons (Fsp3) is 0.583. The Morgan fingerprint density at radius 2 is 2.11 bits per heavy atom. The third-order valence-electron chi connectivity index (χ3n) is 3.38. The Balaban J connectivity index is 1.98. The lowest BCUT2D eigenvalue weighted by Gasteiger charge is -2.16. The van der Waals surface area contributed by atoms with Crippen LogP contribution in [0.2, 0.25) is 0 Å². The molecule has 104 valence electrons. The zero-order valence-corrected chi connectivity index (χ0v) is 11.0. The van der Waals surface area contributed by atoms with E-state index in [0.29, 0.717) is 37.3 Å². The Morgan fingerprint density at radius 1 is 1.37 bits per heavy atom. The van der Waals surface area contributed by atoms with Gasteiger partial charge in [0.05, 0.1) is 18.6 Å². The normalized spacial score (nSPS) is 16.1. The van der Waals surface area contributed by atoms with Gasteiger partial charge >= 0.3 is 11.7 Å². The Bertz CT molecular complexity index is 589. The molecule has 0 saturated carbocycles. The number of aromatic amines is 2. The summed E-state index contributed by atoms with van der Waals surface area (Å²) in [7, 11) is 1.37. The maximum atomic E-state index is 11.6. The van der Waals surface area contributed by atoms with Crippen LogP contribution in [0.15, 0.2) is 9.59 Å². The molecule has 1 aliphatic rings. The van der Waals surface area contributed by atoms with Gasteiger partial charge in [-0.1, -0.05) is 6.92 Å². The van der Waals surface area contributed by atoms with E-state index in [2.05, 4.69) is 14.7 Å². The SMILES string of the molecule is COC(=O)C(C)CCN1Cc2[nH]c(=O)[nH]c(=O)c2C1. The second-order valence-corrected chi connectivity index (χ2v) is 4.79. The van der Waals surface area contributed by atoms with Crippen LogP contribution < -0.4 is 11.2 Å². The van der Waals surface area contributed by atoms with Crippen molar-refractivity contribution in [2.45, 2.75) is 26.4 Å². The summed E-state index contributed by atoms with van der Waals surface area (Å²) in [6.45, 7) is 3.51. The molecule has 1 aliphatic heterocycles. The van der Waals surface area contributed by atoms with Crippen LogP contribution in [-0.2, 0) is 22.6 Å². The highest BCUT2D eigenvalue weighted by molar-refractivity contribution is 5.71. The molecule has 7 nitrogen and oxygen atoms in total. The van der Waals surface area contributed by atoms with Gasteiger partial charge in [0.25, 0.3) is 5.56 Å². The largest absolute Gasteiger partial charge is 0.469 e. The van der Waals surface area contributed by atoms with Crippen LogP contribution in [0.5, 0.6) is 0 Å². The van der Waals surface area contributed by atoms with Crippen molar-refractivity contribution in [2.75, 3.05) is 13.7 Å². The molecule has 1 atom stereocenters. The van der Waals surface area contributed by atoms with Crippen molar-refractivity contribution in [1.29, 1.82) is 0 Å². The molecule has 1 aromatic heterocycles. The first kappa shape index (κ1) is 13.5. The van der Waals surface area contributed by atoms with E-state index in [1.807, 2.05) is 11.8 Å². The van der Waals surface area contributed by atoms with Crippen LogP contribution in [0.25, 0.3) is 0 Å². The third kappa shape index (κ3) is 2.93. The number of nitrogens with zero attached hydrogens (tertiary/aromatic N) is 1. The van der Waals surface area contributed by atoms with Crippen LogP contribution in [0.1, 0.15) is 24.6 Å². The van der Waals surface area contributed by atoms with E-state index in [1.165, 1.54) is 7.11 Å². The molecule has 1 aromatic rings. The van der Waals surface area contributed by atoms with E-state index >= 15 is 0 Å². The average molecular weight is 267 g/mol. The number of carbonyl (C=O) groups excluding carboxylic acids is 1. The summed E-state index contributed by atoms with van der Waals surface area (Å²) in [6.07, 6.45) is 0.656. The van der Waals surface area contributed by atoms with Crippen LogP contribution >= 0.6 is 0 Å². The van der Waals surface area contributed by atoms with Gasteiger partial charge in [-0.15, -0.1) is 0 Å². The minimum Gasteiger partial charge on any atom is -0.469 e. The number of carbonyl (C=O) groups is 1. The second-order valence-electron chi connectivity index (χ2n) is 4.79. The number of esters is 1. The van der Waals surface area contributed by atoms with Gasteiger partial charge in [-0.2, -0.15) is 0 Å². The number of nitrogens with one attached hydrogen (secondary N) is 2. The van der Waals surface area contributed by atoms with Crippen LogP contribution in [-0.4, -0.2) is 34.5 Å². The Hall–Kier alpha value is -1.89. The standard InChI is InChI=1S/C12H17N3O4/c1-7(11(17)19-2)3-4-15-5-8-9(6-15)13-12(18)14-10(8)16/h7H,3-6H2,1-2H3,(H2,13,14,16,18). The van der Waals surface area contributed by atoms with Gasteiger partial charge in [0.2, 0.25) is 0 Å². The summed E-state index contributed by atoms with van der Waals surface area (Å²) in [5, 5.41) is 0. The number of fused-ring (bicyclic) bond motifs is 1. The summed E-state index contributed by atoms with van der Waals surface area (Å²) in [6, 6.07) is 0. The lowest BCUT2D eigenvalue weighted by molar-refractivity contribution is -0.145. The van der Waals surface area contributed by atoms with Crippen molar-refractivity contribution in [3.05, 3.63) is 32.1 Å². The lowest BCUT2D eigenvalue weighted by Crippen LogP contribution is -2.26. The first-order valence-electron chi connectivity index (χ1n) is 6.15. The second kappa shape index (κ2) is 5.40. The van der Waals surface area contributed by atoms with Crippen LogP contribution in [0.3, 0.4) is 0 Å². The molecule has 1 unspecified atom stereocenters. The van der Waals surface area contributed by atoms with Gasteiger partial charge in [0.15, 0.2) is 0 Å². The molecule has 0 amide bonds. The molecular weight excluding hydrogens is 250 g/mol. The molecule has 0 bridgehead atoms. The van der Waals surface area contributed by atoms with Crippen LogP contribution in [0, 0.1) is 5.92 Å². The molecule has 0 aliphatic carbocycles. The van der Waals surface area contributed by atoms with Crippen LogP contribution in [0.4, 0.5) is 0 Å². The fourth-order valence-corrected chi connectivity index (χ4v) is 2.22. The molecular formula is C12H17N3O4. The molecule has 2 heterocycles. The summed E-state index contributed by atoms with van der Waals surface area (Å²) < 4.78 is 4.66. The molecule has 0 spiro atoms. The highest BCUT2D eigenvalue weighted by Crippen LogP contribution is 2.17. The molecule has 0 saturated heterocycles. The minimum absolute atomic E-state index is 0.175. The fourth-order valence-electron chi connectivity index (χ4n) is 2.22. The van der Waals surface area contributed by atoms with Crippen molar-refractivity contribution in [3.8, 4) is 0 Å². The lowest BCUT2D eigenvalue weighted by atomic mass is 10.1. The maximum Gasteiger partial charge on any atom is 0.325 e. The summed E-state index contributed by atoms with van der Waals surface area (Å²) in [5.41, 5.74) is 0.459. The van der Waals surface area contributed by atoms with E-state index in [9.17, 15) is 14.4 Å². The number of hydrogen-bond acceptors (Lipinski definition) is 5. The smallest absolute Gasteiger partial charge is 0.325 e. The molecule has 7 heteroatoms. The Labute approximate surface area is 109 Å². The molecule has 0 fully saturated rings. The van der Waals surface area contributed by atoms with E-state index in [0.717, 1.165) is 0 Å². The predicted octanol–water partition coefficient (Wildman–Crippen LogP) is -0.422. The monoisotopic (exact) mass is 267 g/mol. The number of aromatic nitrogens is 2. The van der Waals surface area contributed by atoms with Gasteiger partial charge in [-0.05, 0) is 13.0 Å². The van der Waals surface area contributed by atoms with Gasteiger partial charge in [-0.3, -0.25) is 19.5 Å². The van der Waals surface area contributed by atoms with E-state index in [-0.39, 0.29) is 17.4 Å². The summed E-state index contributed by atoms with van der Waals surface area (Å²) in [5.74, 6) is -0.408. The van der Waals surface area contributed by atoms with Crippen molar-refractivity contribution >= 4 is 5.97 Å². The Kier molecular flexibility index (Phi) is 3.84. The first-order chi connectivity index (χ1) is 9.01. The third-order valence-corrected chi connectivity index (χ3v) is 3.38. The highest BCUT2D eigenvalue weighted by atomic mass is 16.5. The summed E-state index contributed by atoms with van der Waals surface area (Å²) >= 11 is 0. The van der Waals surface area contributed by atoms with Crippen molar-refractivity contribution in [2.24, 2.45) is 5.92 Å². The maximum absolute atomic E-state index is 11.6. The minimum atomic E-state index is -0.478. The van der Waals surface area contributed by atoms with Gasteiger partial charge in [0.1, 0.15) is 0 Å². The molecule has 0 radical (unpaired) electrons. The van der Waals surface area contributed by atoms with Gasteiger partial charge in [0, 0.05) is 18.8 Å². The number of H-pyrrole nitrogens is 2. The summed E-state index contributed by atoms with van der Waals surface area (Å²) in [4.78, 5) is 40.9. The van der Waals surface area contributed by atoms with Gasteiger partial charge < -0.3 is 9.72 Å². The quantitative estimate of drug-likeness (QED) is 0.722. The topological polar surface area (TPSA) is 95.3 Å². The average Bonchev–Trinajstić information content (AvgIpc) is 2.78. The molecule has 0 aromatic carbocycles.